The van der Waals surface area contributed by atoms with E-state index >= 15 is 0 Å². The number of nitrogens with one attached hydrogen (secondary N) is 1. The normalized spacial score (nSPS) is 10.4. The third-order valence-corrected chi connectivity index (χ3v) is 2.68. The summed E-state index contributed by atoms with van der Waals surface area (Å²) in [6, 6.07) is 6.91. The van der Waals surface area contributed by atoms with Crippen molar-refractivity contribution in [1.82, 2.24) is 9.80 Å². The first-order chi connectivity index (χ1) is 8.90. The molecule has 5 nitrogen and oxygen atoms in total. The molecule has 104 valence electrons. The number of nitrogens with zero attached hydrogens (tertiary/aromatic N) is 2. The number of anilines is 1. The molecule has 1 aromatic carbocycles. The fourth-order valence-electron chi connectivity index (χ4n) is 1.57. The van der Waals surface area contributed by atoms with Crippen molar-refractivity contribution in [2.45, 2.75) is 6.92 Å². The molecule has 0 radical (unpaired) electrons. The van der Waals surface area contributed by atoms with Gasteiger partial charge in [-0.3, -0.25) is 9.59 Å². The Morgan fingerprint density at radius 1 is 1.05 bits per heavy atom. The molecule has 0 saturated heterocycles. The molecule has 19 heavy (non-hydrogen) atoms. The van der Waals surface area contributed by atoms with Crippen LogP contribution in [0.15, 0.2) is 24.3 Å². The molecular weight excluding hydrogens is 242 g/mol. The maximum Gasteiger partial charge on any atom is 0.253 e. The average Bonchev–Trinajstić information content (AvgIpc) is 2.35. The molecule has 5 heteroatoms. The van der Waals surface area contributed by atoms with Gasteiger partial charge in [-0.1, -0.05) is 0 Å². The number of hydrogen-bond donors (Lipinski definition) is 1. The minimum atomic E-state index is -0.123. The van der Waals surface area contributed by atoms with Crippen LogP contribution in [0.25, 0.3) is 0 Å². The molecule has 1 rings (SSSR count). The fraction of sp³-hybridized carbons (Fsp3) is 0.429. The molecule has 1 aromatic rings. The van der Waals surface area contributed by atoms with Crippen molar-refractivity contribution in [2.24, 2.45) is 0 Å². The van der Waals surface area contributed by atoms with E-state index in [-0.39, 0.29) is 11.8 Å². The SMILES string of the molecule is CC(=O)Nc1ccc(C(=O)N(C)CCN(C)C)cc1. The first kappa shape index (κ1) is 15.2. The molecule has 0 aliphatic heterocycles. The maximum atomic E-state index is 12.1. The van der Waals surface area contributed by atoms with Crippen LogP contribution in [0.2, 0.25) is 0 Å². The van der Waals surface area contributed by atoms with E-state index in [0.29, 0.717) is 17.8 Å². The van der Waals surface area contributed by atoms with E-state index in [1.807, 2.05) is 19.0 Å². The van der Waals surface area contributed by atoms with Gasteiger partial charge in [-0.15, -0.1) is 0 Å². The summed E-state index contributed by atoms with van der Waals surface area (Å²) in [5, 5.41) is 2.67. The Balaban J connectivity index is 2.64. The molecule has 0 spiro atoms. The molecule has 0 unspecified atom stereocenters. The van der Waals surface area contributed by atoms with Gasteiger partial charge < -0.3 is 15.1 Å². The van der Waals surface area contributed by atoms with Crippen molar-refractivity contribution in [3.8, 4) is 0 Å². The third kappa shape index (κ3) is 5.09. The number of rotatable bonds is 5. The van der Waals surface area contributed by atoms with Crippen molar-refractivity contribution in [2.75, 3.05) is 39.5 Å². The Morgan fingerprint density at radius 3 is 2.11 bits per heavy atom. The monoisotopic (exact) mass is 263 g/mol. The van der Waals surface area contributed by atoms with Gasteiger partial charge in [0, 0.05) is 38.3 Å². The van der Waals surface area contributed by atoms with Crippen LogP contribution in [-0.4, -0.2) is 55.8 Å². The number of likely N-dealkylation sites (N-methyl/N-ethyl adjacent to an activating group) is 2. The molecule has 0 aliphatic rings. The Bertz CT molecular complexity index is 441. The molecule has 2 amide bonds. The summed E-state index contributed by atoms with van der Waals surface area (Å²) in [7, 11) is 5.73. The van der Waals surface area contributed by atoms with Crippen LogP contribution >= 0.6 is 0 Å². The Morgan fingerprint density at radius 2 is 1.63 bits per heavy atom. The quantitative estimate of drug-likeness (QED) is 0.870. The third-order valence-electron chi connectivity index (χ3n) is 2.68. The van der Waals surface area contributed by atoms with Crippen LogP contribution in [0.5, 0.6) is 0 Å². The van der Waals surface area contributed by atoms with Crippen molar-refractivity contribution in [3.05, 3.63) is 29.8 Å². The van der Waals surface area contributed by atoms with Crippen molar-refractivity contribution in [3.63, 3.8) is 0 Å². The second kappa shape index (κ2) is 6.89. The molecule has 0 bridgehead atoms. The van der Waals surface area contributed by atoms with E-state index in [1.54, 1.807) is 36.2 Å². The second-order valence-electron chi connectivity index (χ2n) is 4.79. The van der Waals surface area contributed by atoms with E-state index in [0.717, 1.165) is 6.54 Å². The average molecular weight is 263 g/mol. The van der Waals surface area contributed by atoms with Gasteiger partial charge in [0.1, 0.15) is 0 Å². The van der Waals surface area contributed by atoms with Crippen molar-refractivity contribution < 1.29 is 9.59 Å². The van der Waals surface area contributed by atoms with Crippen molar-refractivity contribution in [1.29, 1.82) is 0 Å². The Hall–Kier alpha value is -1.88. The molecule has 0 heterocycles. The van der Waals surface area contributed by atoms with Gasteiger partial charge in [0.15, 0.2) is 0 Å². The highest BCUT2D eigenvalue weighted by molar-refractivity contribution is 5.95. The Labute approximate surface area is 114 Å². The molecule has 1 N–H and O–H groups in total. The van der Waals surface area contributed by atoms with Gasteiger partial charge >= 0.3 is 0 Å². The number of carbonyl (C=O) groups is 2. The van der Waals surface area contributed by atoms with Crippen LogP contribution in [0.4, 0.5) is 5.69 Å². The van der Waals surface area contributed by atoms with E-state index in [4.69, 9.17) is 0 Å². The van der Waals surface area contributed by atoms with Crippen LogP contribution in [0.1, 0.15) is 17.3 Å². The van der Waals surface area contributed by atoms with Gasteiger partial charge in [0.25, 0.3) is 5.91 Å². The second-order valence-corrected chi connectivity index (χ2v) is 4.79. The first-order valence-electron chi connectivity index (χ1n) is 6.18. The largest absolute Gasteiger partial charge is 0.340 e. The minimum absolute atomic E-state index is 0.0174. The maximum absolute atomic E-state index is 12.1. The highest BCUT2D eigenvalue weighted by Crippen LogP contribution is 2.11. The number of benzene rings is 1. The number of amides is 2. The molecule has 0 aliphatic carbocycles. The van der Waals surface area contributed by atoms with E-state index in [9.17, 15) is 9.59 Å². The first-order valence-corrected chi connectivity index (χ1v) is 6.18. The lowest BCUT2D eigenvalue weighted by molar-refractivity contribution is -0.114. The van der Waals surface area contributed by atoms with Gasteiger partial charge in [-0.05, 0) is 38.4 Å². The summed E-state index contributed by atoms with van der Waals surface area (Å²) in [4.78, 5) is 26.7. The standard InChI is InChI=1S/C14H21N3O2/c1-11(18)15-13-7-5-12(6-8-13)14(19)17(4)10-9-16(2)3/h5-8H,9-10H2,1-4H3,(H,15,18). The number of hydrogen-bond acceptors (Lipinski definition) is 3. The fourth-order valence-corrected chi connectivity index (χ4v) is 1.57. The highest BCUT2D eigenvalue weighted by Gasteiger charge is 2.11. The van der Waals surface area contributed by atoms with Gasteiger partial charge in [-0.2, -0.15) is 0 Å². The lowest BCUT2D eigenvalue weighted by atomic mass is 10.2. The van der Waals surface area contributed by atoms with Crippen LogP contribution in [0.3, 0.4) is 0 Å². The summed E-state index contributed by atoms with van der Waals surface area (Å²) in [5.74, 6) is -0.140. The molecule has 0 aromatic heterocycles. The predicted octanol–water partition coefficient (Wildman–Crippen LogP) is 1.28. The van der Waals surface area contributed by atoms with Gasteiger partial charge in [-0.25, -0.2) is 0 Å². The predicted molar refractivity (Wildman–Crippen MR) is 76.3 cm³/mol. The summed E-state index contributed by atoms with van der Waals surface area (Å²) in [6.07, 6.45) is 0. The van der Waals surface area contributed by atoms with Crippen molar-refractivity contribution >= 4 is 17.5 Å². The summed E-state index contributed by atoms with van der Waals surface area (Å²) < 4.78 is 0. The van der Waals surface area contributed by atoms with Gasteiger partial charge in [0.2, 0.25) is 5.91 Å². The lowest BCUT2D eigenvalue weighted by Gasteiger charge is -2.19. The van der Waals surface area contributed by atoms with E-state index < -0.39 is 0 Å². The zero-order chi connectivity index (χ0) is 14.4. The van der Waals surface area contributed by atoms with Crippen LogP contribution in [0, 0.1) is 0 Å². The smallest absolute Gasteiger partial charge is 0.253 e. The highest BCUT2D eigenvalue weighted by atomic mass is 16.2. The lowest BCUT2D eigenvalue weighted by Crippen LogP contribution is -2.33. The molecule has 0 saturated carbocycles. The van der Waals surface area contributed by atoms with E-state index in [2.05, 4.69) is 5.32 Å². The van der Waals surface area contributed by atoms with Gasteiger partial charge in [0.05, 0.1) is 0 Å². The van der Waals surface area contributed by atoms with Crippen LogP contribution < -0.4 is 5.32 Å². The molecule has 0 fully saturated rings. The zero-order valence-electron chi connectivity index (χ0n) is 11.9. The summed E-state index contributed by atoms with van der Waals surface area (Å²) in [6.45, 7) is 2.96. The topological polar surface area (TPSA) is 52.7 Å². The summed E-state index contributed by atoms with van der Waals surface area (Å²) in [5.41, 5.74) is 1.32. The Kier molecular flexibility index (Phi) is 5.51. The number of carbonyl (C=O) groups excluding carboxylic acids is 2. The molecule has 0 atom stereocenters. The van der Waals surface area contributed by atoms with Crippen LogP contribution in [-0.2, 0) is 4.79 Å². The summed E-state index contributed by atoms with van der Waals surface area (Å²) >= 11 is 0. The minimum Gasteiger partial charge on any atom is -0.340 e. The van der Waals surface area contributed by atoms with E-state index in [1.165, 1.54) is 6.92 Å². The zero-order valence-corrected chi connectivity index (χ0v) is 11.9. The molecular formula is C14H21N3O2.